The van der Waals surface area contributed by atoms with Crippen molar-refractivity contribution in [1.29, 1.82) is 0 Å². The number of rotatable bonds is 6. The van der Waals surface area contributed by atoms with Crippen LogP contribution in [0.3, 0.4) is 0 Å². The first-order valence-electron chi connectivity index (χ1n) is 10.7. The fraction of sp³-hybridized carbons (Fsp3) is 0.120. The van der Waals surface area contributed by atoms with Crippen molar-refractivity contribution in [3.05, 3.63) is 87.2 Å². The summed E-state index contributed by atoms with van der Waals surface area (Å²) >= 11 is 7.79. The number of aromatic nitrogens is 2. The van der Waals surface area contributed by atoms with Crippen molar-refractivity contribution in [2.45, 2.75) is 12.8 Å². The van der Waals surface area contributed by atoms with Crippen molar-refractivity contribution >= 4 is 52.1 Å². The van der Waals surface area contributed by atoms with Gasteiger partial charge >= 0.3 is 0 Å². The maximum absolute atomic E-state index is 12.4. The molecule has 4 aromatic rings. The van der Waals surface area contributed by atoms with E-state index in [0.717, 1.165) is 23.2 Å². The Morgan fingerprint density at radius 2 is 2.00 bits per heavy atom. The summed E-state index contributed by atoms with van der Waals surface area (Å²) in [7, 11) is 0. The summed E-state index contributed by atoms with van der Waals surface area (Å²) in [6.07, 6.45) is 2.65. The van der Waals surface area contributed by atoms with Gasteiger partial charge in [-0.25, -0.2) is 9.97 Å². The molecular weight excluding hydrogens is 470 g/mol. The second-order valence-electron chi connectivity index (χ2n) is 7.77. The number of hydrogen-bond acceptors (Lipinski definition) is 6. The molecule has 0 aliphatic carbocycles. The molecular formula is C25H20ClN5O2S. The summed E-state index contributed by atoms with van der Waals surface area (Å²) in [6.45, 7) is 0.590. The zero-order chi connectivity index (χ0) is 23.5. The number of nitrogens with one attached hydrogen (secondary N) is 3. The number of thiophene rings is 1. The van der Waals surface area contributed by atoms with Gasteiger partial charge in [-0.1, -0.05) is 17.7 Å². The zero-order valence-corrected chi connectivity index (χ0v) is 19.5. The molecule has 5 rings (SSSR count). The normalized spacial score (nSPS) is 12.2. The van der Waals surface area contributed by atoms with Gasteiger partial charge in [-0.2, -0.15) is 0 Å². The third-order valence-corrected chi connectivity index (χ3v) is 6.54. The van der Waals surface area contributed by atoms with Gasteiger partial charge in [0.05, 0.1) is 17.8 Å². The van der Waals surface area contributed by atoms with Crippen LogP contribution < -0.4 is 16.0 Å². The Kier molecular flexibility index (Phi) is 6.24. The average molecular weight is 490 g/mol. The molecule has 7 nitrogen and oxygen atoms in total. The van der Waals surface area contributed by atoms with Gasteiger partial charge in [0.2, 0.25) is 11.9 Å². The Morgan fingerprint density at radius 3 is 2.79 bits per heavy atom. The molecule has 0 unspecified atom stereocenters. The SMILES string of the molecule is O=C1Cc2cnc(Nc3ccc(C(=O)NCCc4cccs4)cc3)nc2-c2ccc(Cl)cc2N1. The second kappa shape index (κ2) is 9.62. The molecule has 2 aromatic carbocycles. The molecule has 170 valence electrons. The maximum Gasteiger partial charge on any atom is 0.251 e. The van der Waals surface area contributed by atoms with Crippen LogP contribution in [0.5, 0.6) is 0 Å². The molecule has 3 N–H and O–H groups in total. The lowest BCUT2D eigenvalue weighted by molar-refractivity contribution is -0.115. The zero-order valence-electron chi connectivity index (χ0n) is 18.0. The van der Waals surface area contributed by atoms with Crippen LogP contribution >= 0.6 is 22.9 Å². The highest BCUT2D eigenvalue weighted by atomic mass is 35.5. The molecule has 0 fully saturated rings. The van der Waals surface area contributed by atoms with E-state index in [4.69, 9.17) is 11.6 Å². The summed E-state index contributed by atoms with van der Waals surface area (Å²) in [4.78, 5) is 34.9. The van der Waals surface area contributed by atoms with Gasteiger partial charge in [-0.3, -0.25) is 9.59 Å². The van der Waals surface area contributed by atoms with Gasteiger partial charge in [0.1, 0.15) is 0 Å². The largest absolute Gasteiger partial charge is 0.352 e. The molecule has 1 aliphatic rings. The van der Waals surface area contributed by atoms with Crippen LogP contribution in [0.2, 0.25) is 5.02 Å². The summed E-state index contributed by atoms with van der Waals surface area (Å²) in [5.41, 5.74) is 4.13. The minimum Gasteiger partial charge on any atom is -0.352 e. The van der Waals surface area contributed by atoms with E-state index in [0.29, 0.717) is 34.5 Å². The molecule has 3 heterocycles. The second-order valence-corrected chi connectivity index (χ2v) is 9.24. The highest BCUT2D eigenvalue weighted by Gasteiger charge is 2.21. The molecule has 0 radical (unpaired) electrons. The molecule has 0 spiro atoms. The molecule has 0 saturated heterocycles. The average Bonchev–Trinajstić information content (AvgIpc) is 3.30. The Bertz CT molecular complexity index is 1360. The first-order chi connectivity index (χ1) is 16.5. The number of halogens is 1. The van der Waals surface area contributed by atoms with Crippen molar-refractivity contribution in [3.63, 3.8) is 0 Å². The third kappa shape index (κ3) is 4.93. The first kappa shape index (κ1) is 22.1. The van der Waals surface area contributed by atoms with E-state index in [9.17, 15) is 9.59 Å². The third-order valence-electron chi connectivity index (χ3n) is 5.37. The molecule has 9 heteroatoms. The summed E-state index contributed by atoms with van der Waals surface area (Å²) in [5.74, 6) is 0.134. The van der Waals surface area contributed by atoms with Crippen LogP contribution in [0.25, 0.3) is 11.3 Å². The first-order valence-corrected chi connectivity index (χ1v) is 11.9. The Morgan fingerprint density at radius 1 is 1.15 bits per heavy atom. The van der Waals surface area contributed by atoms with Gasteiger partial charge in [-0.05, 0) is 60.3 Å². The van der Waals surface area contributed by atoms with Gasteiger partial charge < -0.3 is 16.0 Å². The van der Waals surface area contributed by atoms with E-state index >= 15 is 0 Å². The Balaban J connectivity index is 1.29. The van der Waals surface area contributed by atoms with Gasteiger partial charge in [-0.15, -0.1) is 11.3 Å². The highest BCUT2D eigenvalue weighted by Crippen LogP contribution is 2.34. The van der Waals surface area contributed by atoms with Crippen molar-refractivity contribution in [3.8, 4) is 11.3 Å². The van der Waals surface area contributed by atoms with Crippen LogP contribution in [0.1, 0.15) is 20.8 Å². The van der Waals surface area contributed by atoms with Crippen molar-refractivity contribution < 1.29 is 9.59 Å². The van der Waals surface area contributed by atoms with E-state index < -0.39 is 0 Å². The summed E-state index contributed by atoms with van der Waals surface area (Å²) in [5, 5.41) is 11.5. The van der Waals surface area contributed by atoms with Crippen molar-refractivity contribution in [1.82, 2.24) is 15.3 Å². The number of fused-ring (bicyclic) bond motifs is 3. The van der Waals surface area contributed by atoms with Crippen LogP contribution in [-0.4, -0.2) is 28.3 Å². The van der Waals surface area contributed by atoms with E-state index in [2.05, 4.69) is 32.0 Å². The number of carbonyl (C=O) groups excluding carboxylic acids is 2. The maximum atomic E-state index is 12.4. The number of benzene rings is 2. The summed E-state index contributed by atoms with van der Waals surface area (Å²) < 4.78 is 0. The van der Waals surface area contributed by atoms with Crippen molar-refractivity contribution in [2.75, 3.05) is 17.2 Å². The smallest absolute Gasteiger partial charge is 0.251 e. The standard InChI is InChI=1S/C25H20ClN5O2S/c26-17-5-8-20-21(13-17)30-22(32)12-16-14-28-25(31-23(16)20)29-18-6-3-15(4-7-18)24(33)27-10-9-19-2-1-11-34-19/h1-8,11,13-14H,9-10,12H2,(H,27,33)(H,30,32)(H,28,29,31). The minimum absolute atomic E-state index is 0.114. The van der Waals surface area contributed by atoms with E-state index in [-0.39, 0.29) is 18.2 Å². The number of nitrogens with zero attached hydrogens (tertiary/aromatic N) is 2. The minimum atomic E-state index is -0.143. The molecule has 34 heavy (non-hydrogen) atoms. The van der Waals surface area contributed by atoms with Crippen LogP contribution in [-0.2, 0) is 17.6 Å². The van der Waals surface area contributed by atoms with E-state index in [1.165, 1.54) is 4.88 Å². The molecule has 1 aliphatic heterocycles. The van der Waals surface area contributed by atoms with Gasteiger partial charge in [0.25, 0.3) is 5.91 Å². The number of anilines is 3. The topological polar surface area (TPSA) is 96.0 Å². The predicted molar refractivity (Wildman–Crippen MR) is 135 cm³/mol. The lowest BCUT2D eigenvalue weighted by Gasteiger charge is -2.11. The number of carbonyl (C=O) groups is 2. The fourth-order valence-corrected chi connectivity index (χ4v) is 4.59. The highest BCUT2D eigenvalue weighted by molar-refractivity contribution is 7.09. The monoisotopic (exact) mass is 489 g/mol. The summed E-state index contributed by atoms with van der Waals surface area (Å²) in [6, 6.07) is 16.5. The molecule has 2 aromatic heterocycles. The van der Waals surface area contributed by atoms with E-state index in [1.54, 1.807) is 41.8 Å². The van der Waals surface area contributed by atoms with E-state index in [1.807, 2.05) is 29.6 Å². The lowest BCUT2D eigenvalue weighted by atomic mass is 10.1. The Hall–Kier alpha value is -3.75. The molecule has 0 saturated carbocycles. The van der Waals surface area contributed by atoms with Gasteiger partial charge in [0, 0.05) is 45.0 Å². The fourth-order valence-electron chi connectivity index (χ4n) is 3.71. The molecule has 2 amide bonds. The van der Waals surface area contributed by atoms with Crippen LogP contribution in [0.15, 0.2) is 66.2 Å². The van der Waals surface area contributed by atoms with Crippen molar-refractivity contribution in [2.24, 2.45) is 0 Å². The molecule has 0 bridgehead atoms. The number of amides is 2. The number of hydrogen-bond donors (Lipinski definition) is 3. The molecule has 0 atom stereocenters. The predicted octanol–water partition coefficient (Wildman–Crippen LogP) is 5.07. The lowest BCUT2D eigenvalue weighted by Crippen LogP contribution is -2.25. The quantitative estimate of drug-likeness (QED) is 0.351. The van der Waals surface area contributed by atoms with Crippen LogP contribution in [0, 0.1) is 0 Å². The Labute approximate surface area is 205 Å². The van der Waals surface area contributed by atoms with Crippen LogP contribution in [0.4, 0.5) is 17.3 Å². The van der Waals surface area contributed by atoms with Gasteiger partial charge in [0.15, 0.2) is 0 Å².